The van der Waals surface area contributed by atoms with E-state index in [2.05, 4.69) is 4.98 Å². The van der Waals surface area contributed by atoms with Gasteiger partial charge in [-0.15, -0.1) is 0 Å². The summed E-state index contributed by atoms with van der Waals surface area (Å²) in [7, 11) is 1.78. The van der Waals surface area contributed by atoms with Crippen molar-refractivity contribution in [1.29, 1.82) is 0 Å². The van der Waals surface area contributed by atoms with E-state index in [1.807, 2.05) is 36.4 Å². The third-order valence-corrected chi connectivity index (χ3v) is 4.88. The summed E-state index contributed by atoms with van der Waals surface area (Å²) >= 11 is 12.1. The van der Waals surface area contributed by atoms with E-state index < -0.39 is 0 Å². The first-order valence-corrected chi connectivity index (χ1v) is 9.61. The van der Waals surface area contributed by atoms with Gasteiger partial charge in [0.25, 0.3) is 5.91 Å². The van der Waals surface area contributed by atoms with Gasteiger partial charge in [-0.3, -0.25) is 9.78 Å². The lowest BCUT2D eigenvalue weighted by atomic mass is 10.1. The highest BCUT2D eigenvalue weighted by atomic mass is 35.5. The zero-order valence-corrected chi connectivity index (χ0v) is 17.0. The monoisotopic (exact) mass is 414 g/mol. The van der Waals surface area contributed by atoms with Crippen LogP contribution >= 0.6 is 23.2 Å². The normalized spacial score (nSPS) is 10.5. The molecule has 1 heterocycles. The van der Waals surface area contributed by atoms with Gasteiger partial charge in [0.1, 0.15) is 12.4 Å². The first-order chi connectivity index (χ1) is 13.5. The summed E-state index contributed by atoms with van der Waals surface area (Å²) in [6.45, 7) is 0.811. The second-order valence-corrected chi connectivity index (χ2v) is 7.16. The standard InChI is InChI=1S/C22H20Cl2N2O2/c1-26(13-11-18-6-4-5-12-25-18)22(27)19-7-2-3-8-21(19)28-15-16-9-10-17(23)14-20(16)24/h2-10,12,14H,11,13,15H2,1H3. The first-order valence-electron chi connectivity index (χ1n) is 8.85. The molecule has 1 amide bonds. The fourth-order valence-corrected chi connectivity index (χ4v) is 3.16. The average molecular weight is 415 g/mol. The maximum Gasteiger partial charge on any atom is 0.257 e. The van der Waals surface area contributed by atoms with E-state index in [1.54, 1.807) is 42.4 Å². The Kier molecular flexibility index (Phi) is 6.90. The van der Waals surface area contributed by atoms with Gasteiger partial charge >= 0.3 is 0 Å². The Labute approximate surface area is 174 Å². The van der Waals surface area contributed by atoms with Gasteiger partial charge in [-0.2, -0.15) is 0 Å². The number of amides is 1. The van der Waals surface area contributed by atoms with Crippen molar-refractivity contribution in [2.24, 2.45) is 0 Å². The highest BCUT2D eigenvalue weighted by Gasteiger charge is 2.17. The predicted octanol–water partition coefficient (Wildman–Crippen LogP) is 5.28. The van der Waals surface area contributed by atoms with Gasteiger partial charge in [-0.1, -0.05) is 47.5 Å². The summed E-state index contributed by atoms with van der Waals surface area (Å²) in [6, 6.07) is 18.2. The Morgan fingerprint density at radius 3 is 2.61 bits per heavy atom. The third-order valence-electron chi connectivity index (χ3n) is 4.29. The molecule has 144 valence electrons. The Morgan fingerprint density at radius 1 is 1.07 bits per heavy atom. The fraction of sp³-hybridized carbons (Fsp3) is 0.182. The molecule has 0 aliphatic heterocycles. The lowest BCUT2D eigenvalue weighted by Crippen LogP contribution is -2.29. The molecule has 4 nitrogen and oxygen atoms in total. The number of carbonyl (C=O) groups excluding carboxylic acids is 1. The summed E-state index contributed by atoms with van der Waals surface area (Å²) in [6.07, 6.45) is 2.44. The molecule has 0 radical (unpaired) electrons. The maximum atomic E-state index is 12.9. The highest BCUT2D eigenvalue weighted by molar-refractivity contribution is 6.35. The molecule has 0 fully saturated rings. The summed E-state index contributed by atoms with van der Waals surface area (Å²) < 4.78 is 5.89. The van der Waals surface area contributed by atoms with Gasteiger partial charge in [0.05, 0.1) is 5.56 Å². The zero-order valence-electron chi connectivity index (χ0n) is 15.4. The number of hydrogen-bond donors (Lipinski definition) is 0. The minimum absolute atomic E-state index is 0.103. The SMILES string of the molecule is CN(CCc1ccccn1)C(=O)c1ccccc1OCc1ccc(Cl)cc1Cl. The predicted molar refractivity (Wildman–Crippen MR) is 112 cm³/mol. The van der Waals surface area contributed by atoms with Crippen molar-refractivity contribution in [3.63, 3.8) is 0 Å². The second kappa shape index (κ2) is 9.58. The number of nitrogens with zero attached hydrogens (tertiary/aromatic N) is 2. The van der Waals surface area contributed by atoms with Crippen molar-refractivity contribution in [3.8, 4) is 5.75 Å². The van der Waals surface area contributed by atoms with Crippen molar-refractivity contribution < 1.29 is 9.53 Å². The Hall–Kier alpha value is -2.56. The van der Waals surface area contributed by atoms with Crippen LogP contribution in [0.1, 0.15) is 21.6 Å². The second-order valence-electron chi connectivity index (χ2n) is 6.32. The van der Waals surface area contributed by atoms with E-state index in [0.29, 0.717) is 34.3 Å². The molecule has 0 N–H and O–H groups in total. The van der Waals surface area contributed by atoms with Crippen LogP contribution in [0.4, 0.5) is 0 Å². The zero-order chi connectivity index (χ0) is 19.9. The molecule has 6 heteroatoms. The molecule has 0 atom stereocenters. The topological polar surface area (TPSA) is 42.4 Å². The van der Waals surface area contributed by atoms with Gasteiger partial charge in [0.15, 0.2) is 0 Å². The van der Waals surface area contributed by atoms with Gasteiger partial charge in [0.2, 0.25) is 0 Å². The number of para-hydroxylation sites is 1. The molecule has 0 saturated heterocycles. The number of hydrogen-bond acceptors (Lipinski definition) is 3. The van der Waals surface area contributed by atoms with Gasteiger partial charge in [-0.05, 0) is 36.4 Å². The number of ether oxygens (including phenoxy) is 1. The largest absolute Gasteiger partial charge is 0.488 e. The lowest BCUT2D eigenvalue weighted by molar-refractivity contribution is 0.0791. The molecule has 3 aromatic rings. The Bertz CT molecular complexity index is 948. The van der Waals surface area contributed by atoms with E-state index in [0.717, 1.165) is 11.3 Å². The molecule has 0 saturated carbocycles. The van der Waals surface area contributed by atoms with Crippen molar-refractivity contribution >= 4 is 29.1 Å². The number of carbonyl (C=O) groups is 1. The summed E-state index contributed by atoms with van der Waals surface area (Å²) in [4.78, 5) is 18.9. The number of halogens is 2. The molecule has 0 aliphatic rings. The van der Waals surface area contributed by atoms with Gasteiger partial charge in [-0.25, -0.2) is 0 Å². The molecule has 0 bridgehead atoms. The molecular formula is C22H20Cl2N2O2. The number of benzene rings is 2. The smallest absolute Gasteiger partial charge is 0.257 e. The van der Waals surface area contributed by atoms with Crippen molar-refractivity contribution in [2.75, 3.05) is 13.6 Å². The molecule has 0 aliphatic carbocycles. The molecule has 0 spiro atoms. The van der Waals surface area contributed by atoms with Gasteiger partial charge in [0, 0.05) is 47.5 Å². The Balaban J connectivity index is 1.67. The number of aromatic nitrogens is 1. The van der Waals surface area contributed by atoms with Crippen molar-refractivity contribution in [2.45, 2.75) is 13.0 Å². The minimum Gasteiger partial charge on any atom is -0.488 e. The molecule has 1 aromatic heterocycles. The number of likely N-dealkylation sites (N-methyl/N-ethyl adjacent to an activating group) is 1. The van der Waals surface area contributed by atoms with Crippen molar-refractivity contribution in [3.05, 3.63) is 93.7 Å². The van der Waals surface area contributed by atoms with Crippen LogP contribution < -0.4 is 4.74 Å². The average Bonchev–Trinajstić information content (AvgIpc) is 2.72. The van der Waals surface area contributed by atoms with Crippen LogP contribution in [0.2, 0.25) is 10.0 Å². The van der Waals surface area contributed by atoms with E-state index in [4.69, 9.17) is 27.9 Å². The summed E-state index contributed by atoms with van der Waals surface area (Å²) in [5.74, 6) is 0.414. The molecule has 3 rings (SSSR count). The van der Waals surface area contributed by atoms with Gasteiger partial charge < -0.3 is 9.64 Å². The quantitative estimate of drug-likeness (QED) is 0.527. The van der Waals surface area contributed by atoms with Crippen LogP contribution in [0.3, 0.4) is 0 Å². The van der Waals surface area contributed by atoms with Crippen molar-refractivity contribution in [1.82, 2.24) is 9.88 Å². The van der Waals surface area contributed by atoms with E-state index in [9.17, 15) is 4.79 Å². The third kappa shape index (κ3) is 5.24. The highest BCUT2D eigenvalue weighted by Crippen LogP contribution is 2.25. The lowest BCUT2D eigenvalue weighted by Gasteiger charge is -2.19. The molecule has 0 unspecified atom stereocenters. The summed E-state index contributed by atoms with van der Waals surface area (Å²) in [5.41, 5.74) is 2.26. The first kappa shape index (κ1) is 20.2. The summed E-state index contributed by atoms with van der Waals surface area (Å²) in [5, 5.41) is 1.10. The molecular weight excluding hydrogens is 395 g/mol. The van der Waals surface area contributed by atoms with Crippen LogP contribution in [0, 0.1) is 0 Å². The molecule has 2 aromatic carbocycles. The van der Waals surface area contributed by atoms with Crippen LogP contribution in [-0.4, -0.2) is 29.4 Å². The fourth-order valence-electron chi connectivity index (χ4n) is 2.70. The van der Waals surface area contributed by atoms with E-state index >= 15 is 0 Å². The van der Waals surface area contributed by atoms with Crippen LogP contribution in [-0.2, 0) is 13.0 Å². The van der Waals surface area contributed by atoms with Crippen LogP contribution in [0.25, 0.3) is 0 Å². The van der Waals surface area contributed by atoms with Crippen LogP contribution in [0.5, 0.6) is 5.75 Å². The number of rotatable bonds is 7. The van der Waals surface area contributed by atoms with E-state index in [1.165, 1.54) is 0 Å². The van der Waals surface area contributed by atoms with Crippen LogP contribution in [0.15, 0.2) is 66.9 Å². The maximum absolute atomic E-state index is 12.9. The number of pyridine rings is 1. The minimum atomic E-state index is -0.103. The van der Waals surface area contributed by atoms with E-state index in [-0.39, 0.29) is 12.5 Å². The Morgan fingerprint density at radius 2 is 1.86 bits per heavy atom. The molecule has 28 heavy (non-hydrogen) atoms.